The molecule has 17 heavy (non-hydrogen) atoms. The average Bonchev–Trinajstić information content (AvgIpc) is 2.39. The largest absolute Gasteiger partial charge is 0.367 e. The topological polar surface area (TPSA) is 32.5 Å². The summed E-state index contributed by atoms with van der Waals surface area (Å²) >= 11 is 0. The monoisotopic (exact) mass is 237 g/mol. The predicted molar refractivity (Wildman–Crippen MR) is 68.6 cm³/mol. The smallest absolute Gasteiger partial charge is 0.146 e. The van der Waals surface area contributed by atoms with E-state index in [1.165, 1.54) is 6.07 Å². The van der Waals surface area contributed by atoms with Crippen LogP contribution < -0.4 is 10.6 Å². The highest BCUT2D eigenvalue weighted by molar-refractivity contribution is 5.50. The van der Waals surface area contributed by atoms with E-state index >= 15 is 0 Å². The molecule has 0 amide bonds. The number of nitrogens with two attached hydrogens (primary N) is 1. The van der Waals surface area contributed by atoms with E-state index in [-0.39, 0.29) is 5.82 Å². The molecule has 0 atom stereocenters. The molecule has 0 spiro atoms. The van der Waals surface area contributed by atoms with Gasteiger partial charge in [0.1, 0.15) is 5.82 Å². The molecule has 0 unspecified atom stereocenters. The van der Waals surface area contributed by atoms with Gasteiger partial charge in [-0.15, -0.1) is 0 Å². The summed E-state index contributed by atoms with van der Waals surface area (Å²) in [5.74, 6) is -0.146. The Morgan fingerprint density at radius 2 is 1.94 bits per heavy atom. The van der Waals surface area contributed by atoms with E-state index in [4.69, 9.17) is 5.73 Å². The van der Waals surface area contributed by atoms with Crippen LogP contribution in [0.5, 0.6) is 0 Å². The Labute approximate surface area is 102 Å². The molecule has 0 bridgehead atoms. The summed E-state index contributed by atoms with van der Waals surface area (Å²) < 4.78 is 13.8. The van der Waals surface area contributed by atoms with Gasteiger partial charge < -0.3 is 15.5 Å². The quantitative estimate of drug-likeness (QED) is 0.863. The van der Waals surface area contributed by atoms with Crippen LogP contribution in [0.2, 0.25) is 0 Å². The summed E-state index contributed by atoms with van der Waals surface area (Å²) in [6.45, 7) is 7.47. The summed E-state index contributed by atoms with van der Waals surface area (Å²) in [4.78, 5) is 4.49. The predicted octanol–water partition coefficient (Wildman–Crippen LogP) is 1.43. The molecule has 1 aliphatic heterocycles. The number of rotatable bonds is 3. The molecule has 1 aromatic rings. The number of piperazine rings is 1. The van der Waals surface area contributed by atoms with Crippen molar-refractivity contribution in [2.75, 3.05) is 37.6 Å². The number of hydrogen-bond donors (Lipinski definition) is 1. The second-order valence-corrected chi connectivity index (χ2v) is 4.41. The maximum Gasteiger partial charge on any atom is 0.146 e. The Morgan fingerprint density at radius 3 is 2.53 bits per heavy atom. The summed E-state index contributed by atoms with van der Waals surface area (Å²) in [6, 6.07) is 5.14. The average molecular weight is 237 g/mol. The molecule has 4 heteroatoms. The van der Waals surface area contributed by atoms with Crippen LogP contribution in [0, 0.1) is 5.82 Å². The van der Waals surface area contributed by atoms with E-state index in [1.807, 2.05) is 6.07 Å². The van der Waals surface area contributed by atoms with Crippen molar-refractivity contribution in [3.8, 4) is 0 Å². The van der Waals surface area contributed by atoms with Crippen LogP contribution in [0.3, 0.4) is 0 Å². The molecule has 2 rings (SSSR count). The Kier molecular flexibility index (Phi) is 3.97. The molecule has 0 aromatic heterocycles. The van der Waals surface area contributed by atoms with Crippen LogP contribution in [0.25, 0.3) is 0 Å². The van der Waals surface area contributed by atoms with Gasteiger partial charge >= 0.3 is 0 Å². The van der Waals surface area contributed by atoms with Crippen LogP contribution in [0.15, 0.2) is 18.2 Å². The van der Waals surface area contributed by atoms with Gasteiger partial charge in [0, 0.05) is 32.7 Å². The van der Waals surface area contributed by atoms with Gasteiger partial charge in [0.2, 0.25) is 0 Å². The molecule has 94 valence electrons. The lowest BCUT2D eigenvalue weighted by molar-refractivity contribution is 0.270. The van der Waals surface area contributed by atoms with Gasteiger partial charge in [0.25, 0.3) is 0 Å². The number of anilines is 1. The van der Waals surface area contributed by atoms with Crippen molar-refractivity contribution in [2.24, 2.45) is 5.73 Å². The van der Waals surface area contributed by atoms with Crippen molar-refractivity contribution in [1.29, 1.82) is 0 Å². The van der Waals surface area contributed by atoms with Gasteiger partial charge in [-0.3, -0.25) is 0 Å². The minimum atomic E-state index is -0.146. The van der Waals surface area contributed by atoms with Gasteiger partial charge in [-0.2, -0.15) is 0 Å². The van der Waals surface area contributed by atoms with Gasteiger partial charge in [-0.05, 0) is 24.2 Å². The van der Waals surface area contributed by atoms with Crippen LogP contribution in [0.1, 0.15) is 12.5 Å². The first-order valence-corrected chi connectivity index (χ1v) is 6.20. The molecular formula is C13H20FN3. The highest BCUT2D eigenvalue weighted by Crippen LogP contribution is 2.22. The lowest BCUT2D eigenvalue weighted by Crippen LogP contribution is -2.46. The fourth-order valence-corrected chi connectivity index (χ4v) is 2.23. The van der Waals surface area contributed by atoms with Crippen LogP contribution in [-0.4, -0.2) is 37.6 Å². The van der Waals surface area contributed by atoms with E-state index in [9.17, 15) is 4.39 Å². The van der Waals surface area contributed by atoms with Crippen molar-refractivity contribution in [3.63, 3.8) is 0 Å². The van der Waals surface area contributed by atoms with E-state index in [2.05, 4.69) is 16.7 Å². The van der Waals surface area contributed by atoms with Gasteiger partial charge in [-0.25, -0.2) is 4.39 Å². The second-order valence-electron chi connectivity index (χ2n) is 4.41. The molecular weight excluding hydrogens is 217 g/mol. The highest BCUT2D eigenvalue weighted by Gasteiger charge is 2.18. The van der Waals surface area contributed by atoms with Crippen molar-refractivity contribution in [2.45, 2.75) is 13.5 Å². The highest BCUT2D eigenvalue weighted by atomic mass is 19.1. The van der Waals surface area contributed by atoms with E-state index in [0.29, 0.717) is 12.2 Å². The standard InChI is InChI=1S/C13H20FN3/c1-2-16-5-7-17(8-6-16)13-9-11(10-15)3-4-12(13)14/h3-4,9H,2,5-8,10,15H2,1H3. The number of nitrogens with zero attached hydrogens (tertiary/aromatic N) is 2. The first-order valence-electron chi connectivity index (χ1n) is 6.20. The lowest BCUT2D eigenvalue weighted by Gasteiger charge is -2.35. The third kappa shape index (κ3) is 2.76. The van der Waals surface area contributed by atoms with Crippen LogP contribution >= 0.6 is 0 Å². The molecule has 0 saturated carbocycles. The van der Waals surface area contributed by atoms with Crippen molar-refractivity contribution >= 4 is 5.69 Å². The van der Waals surface area contributed by atoms with Crippen molar-refractivity contribution < 1.29 is 4.39 Å². The molecule has 0 aliphatic carbocycles. The zero-order valence-corrected chi connectivity index (χ0v) is 10.3. The normalized spacial score (nSPS) is 17.5. The summed E-state index contributed by atoms with van der Waals surface area (Å²) in [6.07, 6.45) is 0. The Balaban J connectivity index is 2.12. The SMILES string of the molecule is CCN1CCN(c2cc(CN)ccc2F)CC1. The minimum absolute atomic E-state index is 0.146. The summed E-state index contributed by atoms with van der Waals surface area (Å²) in [5.41, 5.74) is 7.28. The number of likely N-dealkylation sites (N-methyl/N-ethyl adjacent to an activating group) is 1. The second kappa shape index (κ2) is 5.47. The minimum Gasteiger partial charge on any atom is -0.367 e. The van der Waals surface area contributed by atoms with Gasteiger partial charge in [0.05, 0.1) is 5.69 Å². The third-order valence-electron chi connectivity index (χ3n) is 3.41. The first-order chi connectivity index (χ1) is 8.24. The molecule has 1 saturated heterocycles. The maximum atomic E-state index is 13.8. The molecule has 1 aromatic carbocycles. The molecule has 0 radical (unpaired) electrons. The zero-order valence-electron chi connectivity index (χ0n) is 10.3. The van der Waals surface area contributed by atoms with Crippen molar-refractivity contribution in [3.05, 3.63) is 29.6 Å². The maximum absolute atomic E-state index is 13.8. The van der Waals surface area contributed by atoms with E-state index in [1.54, 1.807) is 6.07 Å². The Bertz CT molecular complexity index is 373. The fourth-order valence-electron chi connectivity index (χ4n) is 2.23. The van der Waals surface area contributed by atoms with Crippen LogP contribution in [0.4, 0.5) is 10.1 Å². The molecule has 1 aliphatic rings. The fraction of sp³-hybridized carbons (Fsp3) is 0.538. The van der Waals surface area contributed by atoms with Crippen molar-refractivity contribution in [1.82, 2.24) is 4.90 Å². The summed E-state index contributed by atoms with van der Waals surface area (Å²) in [5, 5.41) is 0. The molecule has 3 nitrogen and oxygen atoms in total. The lowest BCUT2D eigenvalue weighted by atomic mass is 10.1. The number of halogens is 1. The van der Waals surface area contributed by atoms with Gasteiger partial charge in [-0.1, -0.05) is 13.0 Å². The van der Waals surface area contributed by atoms with Gasteiger partial charge in [0.15, 0.2) is 0 Å². The molecule has 1 fully saturated rings. The van der Waals surface area contributed by atoms with E-state index in [0.717, 1.165) is 38.3 Å². The van der Waals surface area contributed by atoms with Crippen LogP contribution in [-0.2, 0) is 6.54 Å². The third-order valence-corrected chi connectivity index (χ3v) is 3.41. The Hall–Kier alpha value is -1.13. The number of benzene rings is 1. The molecule has 1 heterocycles. The Morgan fingerprint density at radius 1 is 1.24 bits per heavy atom. The zero-order chi connectivity index (χ0) is 12.3. The number of hydrogen-bond acceptors (Lipinski definition) is 3. The van der Waals surface area contributed by atoms with E-state index < -0.39 is 0 Å². The molecule has 2 N–H and O–H groups in total. The summed E-state index contributed by atoms with van der Waals surface area (Å²) in [7, 11) is 0. The first kappa shape index (κ1) is 12.3.